The van der Waals surface area contributed by atoms with Crippen LogP contribution in [0.15, 0.2) is 34.9 Å². The summed E-state index contributed by atoms with van der Waals surface area (Å²) in [7, 11) is 1.62. The summed E-state index contributed by atoms with van der Waals surface area (Å²) in [4.78, 5) is 19.7. The second-order valence-electron chi connectivity index (χ2n) is 7.26. The topological polar surface area (TPSA) is 103 Å². The van der Waals surface area contributed by atoms with Crippen molar-refractivity contribution in [2.24, 2.45) is 0 Å². The van der Waals surface area contributed by atoms with Crippen LogP contribution in [0.3, 0.4) is 0 Å². The second-order valence-corrected chi connectivity index (χ2v) is 8.08. The first-order valence-electron chi connectivity index (χ1n) is 9.54. The maximum atomic E-state index is 13.5. The van der Waals surface area contributed by atoms with Gasteiger partial charge < -0.3 is 20.1 Å². The van der Waals surface area contributed by atoms with Gasteiger partial charge in [0.1, 0.15) is 10.4 Å². The van der Waals surface area contributed by atoms with E-state index in [0.717, 1.165) is 22.0 Å². The number of carbonyl (C=O) groups excluding carboxylic acids is 1. The predicted octanol–water partition coefficient (Wildman–Crippen LogP) is 3.08. The molecule has 156 valence electrons. The molecular formula is C21H22BrN5O3. The van der Waals surface area contributed by atoms with Gasteiger partial charge in [-0.1, -0.05) is 0 Å². The number of benzene rings is 1. The Morgan fingerprint density at radius 3 is 2.80 bits per heavy atom. The number of ether oxygens (including phenoxy) is 2. The molecule has 0 saturated carbocycles. The quantitative estimate of drug-likeness (QED) is 0.588. The van der Waals surface area contributed by atoms with Crippen molar-refractivity contribution in [3.05, 3.63) is 57.3 Å². The van der Waals surface area contributed by atoms with E-state index in [0.29, 0.717) is 48.0 Å². The zero-order chi connectivity index (χ0) is 21.3. The van der Waals surface area contributed by atoms with Gasteiger partial charge in [0.05, 0.1) is 43.6 Å². The van der Waals surface area contributed by atoms with Crippen LogP contribution in [0.2, 0.25) is 0 Å². The molecule has 1 amide bonds. The summed E-state index contributed by atoms with van der Waals surface area (Å²) in [5.74, 6) is 0.369. The molecular weight excluding hydrogens is 450 g/mol. The molecule has 4 rings (SSSR count). The number of rotatable bonds is 6. The van der Waals surface area contributed by atoms with Gasteiger partial charge in [0.15, 0.2) is 0 Å². The SMILES string of the molecule is COCC(C)N(Cc1ccc(Br)nn1)C(=O)c1ccc2nc(N)c3c(c2c1)COC3. The molecule has 8 nitrogen and oxygen atoms in total. The Morgan fingerprint density at radius 1 is 1.27 bits per heavy atom. The molecule has 1 aliphatic rings. The molecule has 0 fully saturated rings. The van der Waals surface area contributed by atoms with E-state index in [9.17, 15) is 4.79 Å². The van der Waals surface area contributed by atoms with Crippen LogP contribution in [0.5, 0.6) is 0 Å². The number of aromatic nitrogens is 3. The fourth-order valence-electron chi connectivity index (χ4n) is 3.63. The molecule has 3 aromatic rings. The molecule has 9 heteroatoms. The van der Waals surface area contributed by atoms with E-state index in [2.05, 4.69) is 31.1 Å². The lowest BCUT2D eigenvalue weighted by Crippen LogP contribution is -2.40. The van der Waals surface area contributed by atoms with Crippen molar-refractivity contribution in [3.63, 3.8) is 0 Å². The molecule has 0 aliphatic carbocycles. The Labute approximate surface area is 182 Å². The Morgan fingerprint density at radius 2 is 2.07 bits per heavy atom. The van der Waals surface area contributed by atoms with Gasteiger partial charge in [0, 0.05) is 23.6 Å². The van der Waals surface area contributed by atoms with Crippen LogP contribution in [-0.4, -0.2) is 45.7 Å². The summed E-state index contributed by atoms with van der Waals surface area (Å²) in [6.45, 7) is 3.59. The molecule has 0 spiro atoms. The van der Waals surface area contributed by atoms with E-state index in [1.54, 1.807) is 24.1 Å². The molecule has 0 saturated heterocycles. The highest BCUT2D eigenvalue weighted by Crippen LogP contribution is 2.32. The summed E-state index contributed by atoms with van der Waals surface area (Å²) in [6, 6.07) is 8.98. The molecule has 2 aromatic heterocycles. The van der Waals surface area contributed by atoms with Crippen molar-refractivity contribution >= 4 is 38.6 Å². The minimum absolute atomic E-state index is 0.115. The molecule has 1 unspecified atom stereocenters. The first-order valence-corrected chi connectivity index (χ1v) is 10.3. The Bertz CT molecular complexity index is 1090. The molecule has 1 aromatic carbocycles. The van der Waals surface area contributed by atoms with Crippen molar-refractivity contribution in [2.75, 3.05) is 19.5 Å². The van der Waals surface area contributed by atoms with E-state index >= 15 is 0 Å². The smallest absolute Gasteiger partial charge is 0.254 e. The Kier molecular flexibility index (Phi) is 5.94. The van der Waals surface area contributed by atoms with Gasteiger partial charge in [0.25, 0.3) is 5.91 Å². The lowest BCUT2D eigenvalue weighted by atomic mass is 10.0. The first kappa shape index (κ1) is 20.6. The number of hydrogen-bond donors (Lipinski definition) is 1. The van der Waals surface area contributed by atoms with Crippen molar-refractivity contribution < 1.29 is 14.3 Å². The molecule has 0 radical (unpaired) electrons. The van der Waals surface area contributed by atoms with Gasteiger partial charge in [0.2, 0.25) is 0 Å². The maximum absolute atomic E-state index is 13.5. The van der Waals surface area contributed by atoms with Gasteiger partial charge in [-0.05, 0) is 58.7 Å². The minimum atomic E-state index is -0.151. The average Bonchev–Trinajstić information content (AvgIpc) is 3.24. The molecule has 1 aliphatic heterocycles. The number of fused-ring (bicyclic) bond motifs is 3. The number of amides is 1. The van der Waals surface area contributed by atoms with Crippen LogP contribution < -0.4 is 5.73 Å². The van der Waals surface area contributed by atoms with Gasteiger partial charge >= 0.3 is 0 Å². The molecule has 0 bridgehead atoms. The lowest BCUT2D eigenvalue weighted by molar-refractivity contribution is 0.0538. The minimum Gasteiger partial charge on any atom is -0.383 e. The number of anilines is 1. The first-order chi connectivity index (χ1) is 14.5. The summed E-state index contributed by atoms with van der Waals surface area (Å²) in [5.41, 5.74) is 9.98. The van der Waals surface area contributed by atoms with Gasteiger partial charge in [-0.15, -0.1) is 5.10 Å². The highest BCUT2D eigenvalue weighted by atomic mass is 79.9. The standard InChI is InChI=1S/C21H22BrN5O3/c1-12(9-29-2)27(8-14-4-6-19(22)26-25-14)21(28)13-3-5-18-15(7-13)16-10-30-11-17(16)20(23)24-18/h3-7,12H,8-11H2,1-2H3,(H2,23,24). The third kappa shape index (κ3) is 4.00. The number of pyridine rings is 1. The van der Waals surface area contributed by atoms with Gasteiger partial charge in [-0.25, -0.2) is 4.98 Å². The third-order valence-electron chi connectivity index (χ3n) is 5.20. The average molecular weight is 472 g/mol. The van der Waals surface area contributed by atoms with Crippen molar-refractivity contribution in [1.82, 2.24) is 20.1 Å². The number of nitrogen functional groups attached to an aromatic ring is 1. The summed E-state index contributed by atoms with van der Waals surface area (Å²) >= 11 is 3.28. The van der Waals surface area contributed by atoms with Crippen LogP contribution in [-0.2, 0) is 29.2 Å². The number of carbonyl (C=O) groups is 1. The largest absolute Gasteiger partial charge is 0.383 e. The van der Waals surface area contributed by atoms with Gasteiger partial charge in [-0.2, -0.15) is 5.10 Å². The highest BCUT2D eigenvalue weighted by Gasteiger charge is 2.25. The number of nitrogens with zero attached hydrogens (tertiary/aromatic N) is 4. The molecule has 1 atom stereocenters. The van der Waals surface area contributed by atoms with Crippen LogP contribution in [0.4, 0.5) is 5.82 Å². The zero-order valence-electron chi connectivity index (χ0n) is 16.8. The summed E-state index contributed by atoms with van der Waals surface area (Å²) in [5, 5.41) is 9.09. The van der Waals surface area contributed by atoms with Crippen LogP contribution in [0, 0.1) is 0 Å². The zero-order valence-corrected chi connectivity index (χ0v) is 18.3. The number of halogens is 1. The number of hydrogen-bond acceptors (Lipinski definition) is 7. The second kappa shape index (κ2) is 8.63. The molecule has 30 heavy (non-hydrogen) atoms. The fourth-order valence-corrected chi connectivity index (χ4v) is 3.84. The van der Waals surface area contributed by atoms with Crippen molar-refractivity contribution in [2.45, 2.75) is 32.7 Å². The molecule has 2 N–H and O–H groups in total. The van der Waals surface area contributed by atoms with Gasteiger partial charge in [-0.3, -0.25) is 4.79 Å². The lowest BCUT2D eigenvalue weighted by Gasteiger charge is -2.28. The van der Waals surface area contributed by atoms with Crippen molar-refractivity contribution in [3.8, 4) is 0 Å². The third-order valence-corrected chi connectivity index (χ3v) is 5.62. The van der Waals surface area contributed by atoms with E-state index in [-0.39, 0.29) is 11.9 Å². The monoisotopic (exact) mass is 471 g/mol. The van der Waals surface area contributed by atoms with E-state index < -0.39 is 0 Å². The normalized spacial score (nSPS) is 14.0. The van der Waals surface area contributed by atoms with Crippen LogP contribution >= 0.6 is 15.9 Å². The van der Waals surface area contributed by atoms with Crippen LogP contribution in [0.1, 0.15) is 34.1 Å². The fraction of sp³-hybridized carbons (Fsp3) is 0.333. The Hall–Kier alpha value is -2.62. The van der Waals surface area contributed by atoms with Crippen molar-refractivity contribution in [1.29, 1.82) is 0 Å². The van der Waals surface area contributed by atoms with E-state index in [1.165, 1.54) is 0 Å². The van der Waals surface area contributed by atoms with Crippen LogP contribution in [0.25, 0.3) is 10.9 Å². The highest BCUT2D eigenvalue weighted by molar-refractivity contribution is 9.10. The summed E-state index contributed by atoms with van der Waals surface area (Å²) < 4.78 is 11.5. The molecule has 3 heterocycles. The summed E-state index contributed by atoms with van der Waals surface area (Å²) in [6.07, 6.45) is 0. The Balaban J connectivity index is 1.70. The van der Waals surface area contributed by atoms with E-state index in [4.69, 9.17) is 15.2 Å². The predicted molar refractivity (Wildman–Crippen MR) is 116 cm³/mol. The number of nitrogens with two attached hydrogens (primary N) is 1. The number of methoxy groups -OCH3 is 1. The van der Waals surface area contributed by atoms with E-state index in [1.807, 2.05) is 25.1 Å². The maximum Gasteiger partial charge on any atom is 0.254 e.